The summed E-state index contributed by atoms with van der Waals surface area (Å²) in [6.07, 6.45) is 1.89. The minimum Gasteiger partial charge on any atom is -0.396 e. The van der Waals surface area contributed by atoms with Gasteiger partial charge in [-0.3, -0.25) is 0 Å². The molecule has 3 nitrogen and oxygen atoms in total. The zero-order valence-corrected chi connectivity index (χ0v) is 9.31. The Balaban J connectivity index is 3.49. The Morgan fingerprint density at radius 3 is 2.62 bits per heavy atom. The summed E-state index contributed by atoms with van der Waals surface area (Å²) < 4.78 is 0. The molecule has 1 atom stereocenters. The summed E-state index contributed by atoms with van der Waals surface area (Å²) in [5, 5.41) is 8.59. The summed E-state index contributed by atoms with van der Waals surface area (Å²) in [4.78, 5) is 2.77. The molecule has 0 aliphatic carbocycles. The minimum absolute atomic E-state index is 0.272. The van der Waals surface area contributed by atoms with Crippen LogP contribution in [-0.2, 0) is 0 Å². The Bertz CT molecular complexity index is 153. The number of hydrogen-bond acceptors (Lipinski definition) is 3. The van der Waals surface area contributed by atoms with E-state index in [1.807, 2.05) is 14.0 Å². The Morgan fingerprint density at radius 2 is 2.15 bits per heavy atom. The molecule has 1 unspecified atom stereocenters. The molecule has 78 valence electrons. The molecule has 0 aromatic rings. The van der Waals surface area contributed by atoms with Gasteiger partial charge in [0.25, 0.3) is 0 Å². The predicted octanol–water partition coefficient (Wildman–Crippen LogP) is 0.613. The molecule has 0 aromatic carbocycles. The number of thiocarbonyl (C=S) groups is 1. The van der Waals surface area contributed by atoms with Gasteiger partial charge in [0, 0.05) is 19.1 Å². The molecule has 0 aliphatic heterocycles. The highest BCUT2D eigenvalue weighted by Crippen LogP contribution is 2.00. The minimum atomic E-state index is 0.272. The summed E-state index contributed by atoms with van der Waals surface area (Å²) in [6.45, 7) is 4.21. The molecule has 0 bridgehead atoms. The van der Waals surface area contributed by atoms with E-state index in [0.29, 0.717) is 4.99 Å². The largest absolute Gasteiger partial charge is 0.396 e. The van der Waals surface area contributed by atoms with Crippen molar-refractivity contribution in [2.45, 2.75) is 19.8 Å². The van der Waals surface area contributed by atoms with Gasteiger partial charge >= 0.3 is 0 Å². The van der Waals surface area contributed by atoms with Crippen LogP contribution in [0.15, 0.2) is 0 Å². The number of aliphatic hydroxyl groups is 1. The Kier molecular flexibility index (Phi) is 7.13. The maximum Gasteiger partial charge on any atom is 0.0768 e. The van der Waals surface area contributed by atoms with E-state index in [1.54, 1.807) is 0 Å². The summed E-state index contributed by atoms with van der Waals surface area (Å²) in [6, 6.07) is 0. The highest BCUT2D eigenvalue weighted by molar-refractivity contribution is 7.80. The third-order valence-electron chi connectivity index (χ3n) is 2.02. The SMILES string of the molecule is CC(CN(C)CCCCO)C(N)=S. The summed E-state index contributed by atoms with van der Waals surface area (Å²) in [5.41, 5.74) is 5.50. The van der Waals surface area contributed by atoms with Crippen molar-refractivity contribution in [3.63, 3.8) is 0 Å². The molecule has 0 spiro atoms. The lowest BCUT2D eigenvalue weighted by atomic mass is 10.1. The Morgan fingerprint density at radius 1 is 1.54 bits per heavy atom. The fraction of sp³-hybridized carbons (Fsp3) is 0.889. The Hall–Kier alpha value is -0.190. The number of nitrogens with zero attached hydrogens (tertiary/aromatic N) is 1. The maximum absolute atomic E-state index is 8.59. The lowest BCUT2D eigenvalue weighted by Crippen LogP contribution is -2.32. The van der Waals surface area contributed by atoms with E-state index in [2.05, 4.69) is 4.90 Å². The first kappa shape index (κ1) is 12.8. The second-order valence-electron chi connectivity index (χ2n) is 3.50. The van der Waals surface area contributed by atoms with Crippen molar-refractivity contribution in [3.8, 4) is 0 Å². The van der Waals surface area contributed by atoms with Gasteiger partial charge in [0.2, 0.25) is 0 Å². The molecule has 0 amide bonds. The van der Waals surface area contributed by atoms with Gasteiger partial charge in [-0.05, 0) is 26.4 Å². The van der Waals surface area contributed by atoms with Crippen LogP contribution in [-0.4, -0.2) is 41.7 Å². The van der Waals surface area contributed by atoms with Crippen molar-refractivity contribution < 1.29 is 5.11 Å². The van der Waals surface area contributed by atoms with E-state index in [-0.39, 0.29) is 12.5 Å². The topological polar surface area (TPSA) is 49.5 Å². The zero-order chi connectivity index (χ0) is 10.3. The van der Waals surface area contributed by atoms with E-state index in [1.165, 1.54) is 0 Å². The summed E-state index contributed by atoms with van der Waals surface area (Å²) in [7, 11) is 2.05. The van der Waals surface area contributed by atoms with Gasteiger partial charge < -0.3 is 15.7 Å². The van der Waals surface area contributed by atoms with Crippen LogP contribution >= 0.6 is 12.2 Å². The van der Waals surface area contributed by atoms with E-state index in [4.69, 9.17) is 23.1 Å². The average molecular weight is 204 g/mol. The molecule has 13 heavy (non-hydrogen) atoms. The quantitative estimate of drug-likeness (QED) is 0.471. The number of rotatable bonds is 7. The van der Waals surface area contributed by atoms with Gasteiger partial charge in [-0.1, -0.05) is 19.1 Å². The van der Waals surface area contributed by atoms with E-state index in [0.717, 1.165) is 25.9 Å². The second kappa shape index (κ2) is 7.24. The van der Waals surface area contributed by atoms with E-state index < -0.39 is 0 Å². The van der Waals surface area contributed by atoms with E-state index >= 15 is 0 Å². The van der Waals surface area contributed by atoms with Crippen LogP contribution in [0.1, 0.15) is 19.8 Å². The molecule has 0 aliphatic rings. The van der Waals surface area contributed by atoms with Crippen molar-refractivity contribution in [1.29, 1.82) is 0 Å². The monoisotopic (exact) mass is 204 g/mol. The summed E-state index contributed by atoms with van der Waals surface area (Å²) in [5.74, 6) is 0.272. The second-order valence-corrected chi connectivity index (χ2v) is 3.97. The fourth-order valence-electron chi connectivity index (χ4n) is 1.14. The highest BCUT2D eigenvalue weighted by atomic mass is 32.1. The standard InChI is InChI=1S/C9H20N2OS/c1-8(9(10)13)7-11(2)5-3-4-6-12/h8,12H,3-7H2,1-2H3,(H2,10,13). The van der Waals surface area contributed by atoms with E-state index in [9.17, 15) is 0 Å². The Labute approximate surface area is 85.9 Å². The number of hydrogen-bond donors (Lipinski definition) is 2. The number of nitrogens with two attached hydrogens (primary N) is 1. The molecular formula is C9H20N2OS. The normalized spacial score (nSPS) is 13.2. The number of aliphatic hydroxyl groups excluding tert-OH is 1. The van der Waals surface area contributed by atoms with Crippen LogP contribution in [0.25, 0.3) is 0 Å². The smallest absolute Gasteiger partial charge is 0.0768 e. The predicted molar refractivity (Wildman–Crippen MR) is 59.8 cm³/mol. The van der Waals surface area contributed by atoms with Crippen molar-refractivity contribution in [2.75, 3.05) is 26.7 Å². The number of unbranched alkanes of at least 4 members (excludes halogenated alkanes) is 1. The van der Waals surface area contributed by atoms with Gasteiger partial charge in [-0.15, -0.1) is 0 Å². The van der Waals surface area contributed by atoms with Gasteiger partial charge in [-0.2, -0.15) is 0 Å². The van der Waals surface area contributed by atoms with Crippen LogP contribution in [0.4, 0.5) is 0 Å². The summed E-state index contributed by atoms with van der Waals surface area (Å²) >= 11 is 4.88. The first-order chi connectivity index (χ1) is 6.07. The van der Waals surface area contributed by atoms with Crippen LogP contribution in [0.3, 0.4) is 0 Å². The zero-order valence-electron chi connectivity index (χ0n) is 8.49. The van der Waals surface area contributed by atoms with Crippen molar-refractivity contribution in [3.05, 3.63) is 0 Å². The van der Waals surface area contributed by atoms with Crippen LogP contribution < -0.4 is 5.73 Å². The van der Waals surface area contributed by atoms with Crippen LogP contribution in [0, 0.1) is 5.92 Å². The molecule has 0 rings (SSSR count). The molecule has 0 saturated heterocycles. The third-order valence-corrected chi connectivity index (χ3v) is 2.42. The maximum atomic E-state index is 8.59. The fourth-order valence-corrected chi connectivity index (χ4v) is 1.22. The van der Waals surface area contributed by atoms with Crippen LogP contribution in [0.2, 0.25) is 0 Å². The van der Waals surface area contributed by atoms with Crippen molar-refractivity contribution in [2.24, 2.45) is 11.7 Å². The first-order valence-corrected chi connectivity index (χ1v) is 5.07. The van der Waals surface area contributed by atoms with Gasteiger partial charge in [0.05, 0.1) is 4.99 Å². The van der Waals surface area contributed by atoms with Crippen LogP contribution in [0.5, 0.6) is 0 Å². The van der Waals surface area contributed by atoms with Crippen molar-refractivity contribution in [1.82, 2.24) is 4.90 Å². The lowest BCUT2D eigenvalue weighted by Gasteiger charge is -2.20. The molecular weight excluding hydrogens is 184 g/mol. The van der Waals surface area contributed by atoms with Gasteiger partial charge in [-0.25, -0.2) is 0 Å². The molecule has 3 N–H and O–H groups in total. The van der Waals surface area contributed by atoms with Gasteiger partial charge in [0.15, 0.2) is 0 Å². The molecule has 0 aromatic heterocycles. The molecule has 0 saturated carbocycles. The third kappa shape index (κ3) is 6.93. The molecule has 0 heterocycles. The highest BCUT2D eigenvalue weighted by Gasteiger charge is 2.07. The first-order valence-electron chi connectivity index (χ1n) is 4.66. The molecule has 0 radical (unpaired) electrons. The van der Waals surface area contributed by atoms with Gasteiger partial charge in [0.1, 0.15) is 0 Å². The lowest BCUT2D eigenvalue weighted by molar-refractivity contribution is 0.259. The average Bonchev–Trinajstić information content (AvgIpc) is 2.04. The molecule has 4 heteroatoms. The molecule has 0 fully saturated rings. The van der Waals surface area contributed by atoms with Crippen molar-refractivity contribution >= 4 is 17.2 Å².